The van der Waals surface area contributed by atoms with Crippen molar-refractivity contribution >= 4 is 11.6 Å². The van der Waals surface area contributed by atoms with E-state index in [-0.39, 0.29) is 12.7 Å². The molecule has 0 fully saturated rings. The van der Waals surface area contributed by atoms with Crippen LogP contribution in [0, 0.1) is 6.92 Å². The standard InChI is InChI=1S/C17H17ClO3/c1-11-2-4-17-12(6-11)8-15(21-17)10-20-16-5-3-14(18)7-13(16)9-19/h2-7,15,19H,8-10H2,1H3. The molecule has 0 saturated heterocycles. The molecule has 3 rings (SSSR count). The van der Waals surface area contributed by atoms with Crippen LogP contribution in [-0.2, 0) is 13.0 Å². The fourth-order valence-electron chi connectivity index (χ4n) is 2.54. The lowest BCUT2D eigenvalue weighted by atomic mass is 10.1. The van der Waals surface area contributed by atoms with E-state index < -0.39 is 0 Å². The number of aryl methyl sites for hydroxylation is 1. The molecule has 1 aliphatic heterocycles. The Morgan fingerprint density at radius 1 is 1.29 bits per heavy atom. The summed E-state index contributed by atoms with van der Waals surface area (Å²) in [5.41, 5.74) is 3.15. The van der Waals surface area contributed by atoms with E-state index in [1.54, 1.807) is 18.2 Å². The number of ether oxygens (including phenoxy) is 2. The van der Waals surface area contributed by atoms with Gasteiger partial charge in [0.25, 0.3) is 0 Å². The first kappa shape index (κ1) is 14.2. The molecule has 1 unspecified atom stereocenters. The quantitative estimate of drug-likeness (QED) is 0.939. The summed E-state index contributed by atoms with van der Waals surface area (Å²) in [5.74, 6) is 1.59. The molecule has 2 aromatic rings. The van der Waals surface area contributed by atoms with Gasteiger partial charge in [0.2, 0.25) is 0 Å². The highest BCUT2D eigenvalue weighted by Gasteiger charge is 2.23. The summed E-state index contributed by atoms with van der Waals surface area (Å²) >= 11 is 5.91. The zero-order chi connectivity index (χ0) is 14.8. The van der Waals surface area contributed by atoms with E-state index in [1.807, 2.05) is 12.1 Å². The van der Waals surface area contributed by atoms with Crippen LogP contribution in [0.2, 0.25) is 5.02 Å². The number of hydrogen-bond acceptors (Lipinski definition) is 3. The van der Waals surface area contributed by atoms with Crippen LogP contribution in [0.4, 0.5) is 0 Å². The van der Waals surface area contributed by atoms with Crippen LogP contribution in [0.1, 0.15) is 16.7 Å². The molecule has 0 saturated carbocycles. The van der Waals surface area contributed by atoms with Crippen molar-refractivity contribution in [2.24, 2.45) is 0 Å². The molecule has 1 atom stereocenters. The lowest BCUT2D eigenvalue weighted by molar-refractivity contribution is 0.146. The summed E-state index contributed by atoms with van der Waals surface area (Å²) in [6, 6.07) is 11.4. The summed E-state index contributed by atoms with van der Waals surface area (Å²) in [7, 11) is 0. The van der Waals surface area contributed by atoms with Crippen LogP contribution in [0.25, 0.3) is 0 Å². The lowest BCUT2D eigenvalue weighted by Crippen LogP contribution is -2.22. The first-order valence-corrected chi connectivity index (χ1v) is 7.32. The molecule has 0 aromatic heterocycles. The zero-order valence-electron chi connectivity index (χ0n) is 11.8. The summed E-state index contributed by atoms with van der Waals surface area (Å²) in [6.07, 6.45) is 0.850. The number of aliphatic hydroxyl groups is 1. The fraction of sp³-hybridized carbons (Fsp3) is 0.294. The average molecular weight is 305 g/mol. The van der Waals surface area contributed by atoms with E-state index in [2.05, 4.69) is 13.0 Å². The normalized spacial score (nSPS) is 16.4. The van der Waals surface area contributed by atoms with Crippen molar-refractivity contribution in [2.45, 2.75) is 26.1 Å². The predicted octanol–water partition coefficient (Wildman–Crippen LogP) is 3.52. The van der Waals surface area contributed by atoms with Crippen molar-refractivity contribution < 1.29 is 14.6 Å². The molecule has 1 N–H and O–H groups in total. The molecule has 0 spiro atoms. The first-order chi connectivity index (χ1) is 10.2. The van der Waals surface area contributed by atoms with Crippen LogP contribution >= 0.6 is 11.6 Å². The first-order valence-electron chi connectivity index (χ1n) is 6.94. The van der Waals surface area contributed by atoms with Gasteiger partial charge in [-0.2, -0.15) is 0 Å². The van der Waals surface area contributed by atoms with Gasteiger partial charge in [0, 0.05) is 17.0 Å². The SMILES string of the molecule is Cc1ccc2c(c1)CC(COc1ccc(Cl)cc1CO)O2. The Bertz CT molecular complexity index is 654. The Morgan fingerprint density at radius 2 is 2.14 bits per heavy atom. The maximum absolute atomic E-state index is 9.34. The van der Waals surface area contributed by atoms with Crippen molar-refractivity contribution in [2.75, 3.05) is 6.61 Å². The fourth-order valence-corrected chi connectivity index (χ4v) is 2.73. The predicted molar refractivity (Wildman–Crippen MR) is 82.2 cm³/mol. The van der Waals surface area contributed by atoms with Crippen LogP contribution in [0.3, 0.4) is 0 Å². The Labute approximate surface area is 129 Å². The van der Waals surface area contributed by atoms with Gasteiger partial charge in [-0.05, 0) is 36.8 Å². The van der Waals surface area contributed by atoms with Gasteiger partial charge in [-0.1, -0.05) is 29.3 Å². The average Bonchev–Trinajstić information content (AvgIpc) is 2.87. The number of rotatable bonds is 4. The highest BCUT2D eigenvalue weighted by atomic mass is 35.5. The Kier molecular flexibility index (Phi) is 4.04. The minimum atomic E-state index is -0.0964. The smallest absolute Gasteiger partial charge is 0.137 e. The summed E-state index contributed by atoms with van der Waals surface area (Å²) in [4.78, 5) is 0. The molecule has 1 heterocycles. The second kappa shape index (κ2) is 5.96. The largest absolute Gasteiger partial charge is 0.489 e. The third-order valence-electron chi connectivity index (χ3n) is 3.57. The van der Waals surface area contributed by atoms with Gasteiger partial charge in [0.1, 0.15) is 24.2 Å². The van der Waals surface area contributed by atoms with Gasteiger partial charge in [-0.25, -0.2) is 0 Å². The summed E-state index contributed by atoms with van der Waals surface area (Å²) in [5, 5.41) is 9.93. The highest BCUT2D eigenvalue weighted by molar-refractivity contribution is 6.30. The van der Waals surface area contributed by atoms with E-state index in [0.717, 1.165) is 12.2 Å². The third-order valence-corrected chi connectivity index (χ3v) is 3.81. The van der Waals surface area contributed by atoms with Crippen molar-refractivity contribution in [3.05, 3.63) is 58.1 Å². The molecule has 3 nitrogen and oxygen atoms in total. The molecular formula is C17H17ClO3. The van der Waals surface area contributed by atoms with E-state index in [0.29, 0.717) is 22.9 Å². The Morgan fingerprint density at radius 3 is 2.95 bits per heavy atom. The highest BCUT2D eigenvalue weighted by Crippen LogP contribution is 2.30. The van der Waals surface area contributed by atoms with Crippen LogP contribution in [-0.4, -0.2) is 17.8 Å². The van der Waals surface area contributed by atoms with Crippen molar-refractivity contribution in [3.63, 3.8) is 0 Å². The van der Waals surface area contributed by atoms with Crippen molar-refractivity contribution in [1.82, 2.24) is 0 Å². The molecule has 2 aromatic carbocycles. The second-order valence-electron chi connectivity index (χ2n) is 5.28. The molecule has 0 aliphatic carbocycles. The maximum atomic E-state index is 9.34. The minimum absolute atomic E-state index is 0.00372. The number of fused-ring (bicyclic) bond motifs is 1. The van der Waals surface area contributed by atoms with Crippen LogP contribution in [0.15, 0.2) is 36.4 Å². The van der Waals surface area contributed by atoms with E-state index in [9.17, 15) is 5.11 Å². The number of hydrogen-bond donors (Lipinski definition) is 1. The van der Waals surface area contributed by atoms with E-state index in [4.69, 9.17) is 21.1 Å². The van der Waals surface area contributed by atoms with Crippen molar-refractivity contribution in [3.8, 4) is 11.5 Å². The molecule has 4 heteroatoms. The topological polar surface area (TPSA) is 38.7 Å². The number of benzene rings is 2. The summed E-state index contributed by atoms with van der Waals surface area (Å²) in [6.45, 7) is 2.43. The van der Waals surface area contributed by atoms with Gasteiger partial charge in [0.15, 0.2) is 0 Å². The third kappa shape index (κ3) is 3.14. The maximum Gasteiger partial charge on any atom is 0.137 e. The van der Waals surface area contributed by atoms with Gasteiger partial charge < -0.3 is 14.6 Å². The van der Waals surface area contributed by atoms with Gasteiger partial charge >= 0.3 is 0 Å². The Balaban J connectivity index is 1.65. The lowest BCUT2D eigenvalue weighted by Gasteiger charge is -2.14. The van der Waals surface area contributed by atoms with Crippen LogP contribution in [0.5, 0.6) is 11.5 Å². The van der Waals surface area contributed by atoms with Crippen molar-refractivity contribution in [1.29, 1.82) is 0 Å². The molecular weight excluding hydrogens is 288 g/mol. The molecule has 110 valence electrons. The van der Waals surface area contributed by atoms with Gasteiger partial charge in [0.05, 0.1) is 6.61 Å². The second-order valence-corrected chi connectivity index (χ2v) is 5.71. The molecule has 1 aliphatic rings. The van der Waals surface area contributed by atoms with Crippen LogP contribution < -0.4 is 9.47 Å². The monoisotopic (exact) mass is 304 g/mol. The number of aliphatic hydroxyl groups excluding tert-OH is 1. The van der Waals surface area contributed by atoms with E-state index in [1.165, 1.54) is 11.1 Å². The van der Waals surface area contributed by atoms with E-state index >= 15 is 0 Å². The molecule has 0 bridgehead atoms. The Hall–Kier alpha value is -1.71. The molecule has 0 amide bonds. The minimum Gasteiger partial charge on any atom is -0.489 e. The molecule has 21 heavy (non-hydrogen) atoms. The van der Waals surface area contributed by atoms with Gasteiger partial charge in [-0.3, -0.25) is 0 Å². The van der Waals surface area contributed by atoms with Gasteiger partial charge in [-0.15, -0.1) is 0 Å². The zero-order valence-corrected chi connectivity index (χ0v) is 12.6. The number of halogens is 1. The molecule has 0 radical (unpaired) electrons. The summed E-state index contributed by atoms with van der Waals surface area (Å²) < 4.78 is 11.7.